The summed E-state index contributed by atoms with van der Waals surface area (Å²) >= 11 is 0. The van der Waals surface area contributed by atoms with E-state index in [9.17, 15) is 0 Å². The summed E-state index contributed by atoms with van der Waals surface area (Å²) in [5.41, 5.74) is 4.24. The van der Waals surface area contributed by atoms with Crippen molar-refractivity contribution < 1.29 is 47.2 Å². The minimum atomic E-state index is -1.15. The Kier molecular flexibility index (Phi) is 55.9. The first kappa shape index (κ1) is 96.7. The normalized spacial score (nSPS) is 12.0. The maximum Gasteiger partial charge on any atom is 0.864 e. The van der Waals surface area contributed by atoms with Crippen molar-refractivity contribution in [3.63, 3.8) is 0 Å². The Morgan fingerprint density at radius 1 is 0.289 bits per heavy atom. The molecule has 2 N–H and O–H groups in total. The smallest absolute Gasteiger partial charge is 0.490 e. The lowest BCUT2D eigenvalue weighted by molar-refractivity contribution is 0.104. The number of para-hydroxylation sites is 2. The summed E-state index contributed by atoms with van der Waals surface area (Å²) in [4.78, 5) is 22.3. The summed E-state index contributed by atoms with van der Waals surface area (Å²) < 4.78 is 60.3. The van der Waals surface area contributed by atoms with Crippen molar-refractivity contribution in [1.29, 1.82) is 0 Å². The molecular weight excluding hydrogens is 1410 g/mol. The van der Waals surface area contributed by atoms with Crippen LogP contribution in [-0.4, -0.2) is 62.7 Å². The highest BCUT2D eigenvalue weighted by molar-refractivity contribution is 6.41. The average molecular weight is 1580 g/mol. The molecule has 0 bridgehead atoms. The van der Waals surface area contributed by atoms with Gasteiger partial charge in [0.05, 0.1) is 51.0 Å². The van der Waals surface area contributed by atoms with Gasteiger partial charge in [0.2, 0.25) is 17.3 Å². The molecule has 0 unspecified atom stereocenters. The molecule has 114 heavy (non-hydrogen) atoms. The number of rotatable bonds is 79. The molecule has 0 aliphatic carbocycles. The van der Waals surface area contributed by atoms with Gasteiger partial charge in [-0.3, -0.25) is 4.79 Å². The third-order valence-corrected chi connectivity index (χ3v) is 22.9. The number of hydrogen-bond acceptors (Lipinski definition) is 10. The molecule has 0 amide bonds. The van der Waals surface area contributed by atoms with Crippen molar-refractivity contribution in [2.75, 3.05) is 39.6 Å². The van der Waals surface area contributed by atoms with Crippen molar-refractivity contribution in [3.05, 3.63) is 90.3 Å². The van der Waals surface area contributed by atoms with Crippen LogP contribution >= 0.6 is 0 Å². The van der Waals surface area contributed by atoms with Gasteiger partial charge in [-0.25, -0.2) is 0 Å². The number of benzene rings is 3. The van der Waals surface area contributed by atoms with E-state index in [1.165, 1.54) is 314 Å². The predicted octanol–water partition coefficient (Wildman–Crippen LogP) is 32.2. The number of H-pyrrole nitrogens is 2. The number of aromatic nitrogens is 2. The van der Waals surface area contributed by atoms with Crippen LogP contribution < -0.4 is 37.7 Å². The van der Waals surface area contributed by atoms with E-state index in [-0.39, 0.29) is 11.5 Å². The van der Waals surface area contributed by atoms with Crippen LogP contribution in [0.5, 0.6) is 46.0 Å². The molecule has 1 aliphatic rings. The molecule has 642 valence electrons. The number of ketones is 1. The Balaban J connectivity index is 1.30. The van der Waals surface area contributed by atoms with Crippen LogP contribution in [0.1, 0.15) is 443 Å². The predicted molar refractivity (Wildman–Crippen MR) is 483 cm³/mol. The summed E-state index contributed by atoms with van der Waals surface area (Å²) in [5, 5.41) is 0. The van der Waals surface area contributed by atoms with Gasteiger partial charge in [0.25, 0.3) is 0 Å². The largest absolute Gasteiger partial charge is 0.864 e. The second-order valence-corrected chi connectivity index (χ2v) is 33.3. The topological polar surface area (TPSA) is 132 Å². The fourth-order valence-corrected chi connectivity index (χ4v) is 15.6. The summed E-state index contributed by atoms with van der Waals surface area (Å²) in [6, 6.07) is 23.7. The van der Waals surface area contributed by atoms with Crippen LogP contribution in [-0.2, 0) is 4.65 Å². The lowest BCUT2D eigenvalue weighted by atomic mass is 10.1. The maximum atomic E-state index is 15.1. The number of ether oxygens (including phenoxy) is 6. The first-order chi connectivity index (χ1) is 56.4. The zero-order valence-corrected chi connectivity index (χ0v) is 73.8. The number of unbranched alkanes of at least 4 members (excludes halogenated alkanes) is 54. The van der Waals surface area contributed by atoms with E-state index in [1.807, 2.05) is 48.5 Å². The number of aromatic amines is 2. The molecular formula is C101H165BN2O10. The van der Waals surface area contributed by atoms with Crippen LogP contribution in [0, 0.1) is 0 Å². The Morgan fingerprint density at radius 3 is 0.781 bits per heavy atom. The number of carbonyl (C=O) groups is 1. The van der Waals surface area contributed by atoms with Crippen LogP contribution in [0.3, 0.4) is 0 Å². The van der Waals surface area contributed by atoms with E-state index in [0.717, 1.165) is 99.6 Å². The van der Waals surface area contributed by atoms with Crippen LogP contribution in [0.2, 0.25) is 0 Å². The molecule has 12 nitrogen and oxygen atoms in total. The number of fused-ring (bicyclic) bond motifs is 1. The highest BCUT2D eigenvalue weighted by atomic mass is 16.8. The van der Waals surface area contributed by atoms with Gasteiger partial charge in [0.15, 0.2) is 23.0 Å². The van der Waals surface area contributed by atoms with Crippen LogP contribution in [0.25, 0.3) is 28.3 Å². The van der Waals surface area contributed by atoms with Gasteiger partial charge in [-0.05, 0) is 99.2 Å². The zero-order valence-electron chi connectivity index (χ0n) is 73.8. The minimum absolute atomic E-state index is 0.251. The first-order valence-corrected chi connectivity index (χ1v) is 48.3. The molecule has 5 aromatic rings. The number of allylic oxidation sites excluding steroid dienone is 1. The van der Waals surface area contributed by atoms with Gasteiger partial charge >= 0.3 is 7.32 Å². The van der Waals surface area contributed by atoms with Crippen molar-refractivity contribution in [2.45, 2.75) is 427 Å². The highest BCUT2D eigenvalue weighted by Crippen LogP contribution is 2.45. The highest BCUT2D eigenvalue weighted by Gasteiger charge is 2.39. The van der Waals surface area contributed by atoms with Gasteiger partial charge in [-0.1, -0.05) is 400 Å². The summed E-state index contributed by atoms with van der Waals surface area (Å²) in [5.74, 6) is 5.18. The molecule has 3 heterocycles. The lowest BCUT2D eigenvalue weighted by Gasteiger charge is -2.19. The molecule has 13 heteroatoms. The molecule has 0 fully saturated rings. The SMILES string of the molecule is CCCCCCCCCCCCOc1cc(-c2ccc(C(=O)/C=C(\OB3Oc4ccccc4O3)c3ccc(-c4cc(OCCCCCCCCCCCC)c(OCCCCCCCCCCCC)c(OCCCCCCCCCCCC)c4)[nH]3)[nH]2)cc(OCCCCCCCCCCCC)c1OCCCCCCCCCCCC. The van der Waals surface area contributed by atoms with E-state index in [0.29, 0.717) is 97.0 Å². The second-order valence-electron chi connectivity index (χ2n) is 33.3. The lowest BCUT2D eigenvalue weighted by Crippen LogP contribution is -2.28. The average Bonchev–Trinajstić information content (AvgIpc) is 1.61. The maximum absolute atomic E-state index is 15.1. The van der Waals surface area contributed by atoms with Crippen LogP contribution in [0.4, 0.5) is 0 Å². The molecule has 1 aliphatic heterocycles. The molecule has 0 saturated carbocycles. The number of carbonyl (C=O) groups excluding carboxylic acids is 1. The minimum Gasteiger partial charge on any atom is -0.490 e. The van der Waals surface area contributed by atoms with E-state index in [2.05, 4.69) is 75.8 Å². The van der Waals surface area contributed by atoms with Crippen molar-refractivity contribution in [3.8, 4) is 68.5 Å². The zero-order chi connectivity index (χ0) is 80.5. The Morgan fingerprint density at radius 2 is 0.518 bits per heavy atom. The molecule has 3 aromatic carbocycles. The fraction of sp³-hybridized carbons (Fsp3) is 0.713. The van der Waals surface area contributed by atoms with Crippen molar-refractivity contribution in [1.82, 2.24) is 9.97 Å². The van der Waals surface area contributed by atoms with E-state index < -0.39 is 7.32 Å². The summed E-state index contributed by atoms with van der Waals surface area (Å²) in [7, 11) is -1.15. The van der Waals surface area contributed by atoms with Gasteiger partial charge in [-0.2, -0.15) is 0 Å². The van der Waals surface area contributed by atoms with Crippen molar-refractivity contribution >= 4 is 18.9 Å². The first-order valence-electron chi connectivity index (χ1n) is 48.3. The Hall–Kier alpha value is -6.11. The second kappa shape index (κ2) is 65.9. The molecule has 6 rings (SSSR count). The number of hydrogen-bond donors (Lipinski definition) is 2. The van der Waals surface area contributed by atoms with Gasteiger partial charge < -0.3 is 52.4 Å². The molecule has 2 aromatic heterocycles. The molecule has 0 spiro atoms. The van der Waals surface area contributed by atoms with E-state index >= 15 is 4.79 Å². The fourth-order valence-electron chi connectivity index (χ4n) is 15.6. The summed E-state index contributed by atoms with van der Waals surface area (Å²) in [6.45, 7) is 17.2. The molecule has 0 radical (unpaired) electrons. The van der Waals surface area contributed by atoms with Gasteiger partial charge in [0, 0.05) is 28.6 Å². The third-order valence-electron chi connectivity index (χ3n) is 22.9. The molecule has 0 saturated heterocycles. The number of nitrogens with one attached hydrogen (secondary N) is 2. The Bertz CT molecular complexity index is 3050. The van der Waals surface area contributed by atoms with Crippen molar-refractivity contribution in [2.24, 2.45) is 0 Å². The van der Waals surface area contributed by atoms with Gasteiger partial charge in [-0.15, -0.1) is 0 Å². The Labute approximate surface area is 697 Å². The van der Waals surface area contributed by atoms with E-state index in [1.54, 1.807) is 0 Å². The van der Waals surface area contributed by atoms with Crippen LogP contribution in [0.15, 0.2) is 78.9 Å². The van der Waals surface area contributed by atoms with Gasteiger partial charge in [0.1, 0.15) is 17.3 Å². The quantitative estimate of drug-likeness (QED) is 0.0128. The monoisotopic (exact) mass is 1580 g/mol. The molecule has 0 atom stereocenters. The van der Waals surface area contributed by atoms with E-state index in [4.69, 9.17) is 42.4 Å². The standard InChI is InChI=1S/C101H165BN2O10/c1-7-13-19-25-31-37-43-49-55-63-75-106-96-81-86(82-97(107-76-64-56-50-44-38-32-26-20-14-8-2)100(96)110-79-67-59-53-47-41-35-29-23-17-11-5)88-71-73-90(103-88)92(105)85-95(114-102-112-93-69-61-62-70-94(93)113-102)91-74-72-89(104-91)87-83-98(108-77-65-57-51-45-39-33-27-21-15-9-3)101(111-80-68-60-54-48-42-36-30-24-18-12-6)99(84-87)109-78-66-58-52-46-40-34-28-22-16-10-4/h61-62,69-74,81-85,103-104H,7-60,63-68,75-80H2,1-6H3/b95-85-. The summed E-state index contributed by atoms with van der Waals surface area (Å²) in [6.07, 6.45) is 76.7. The third kappa shape index (κ3) is 42.9.